The van der Waals surface area contributed by atoms with Crippen molar-refractivity contribution in [3.63, 3.8) is 0 Å². The number of methoxy groups -OCH3 is 2. The van der Waals surface area contributed by atoms with Crippen LogP contribution in [0.5, 0.6) is 11.5 Å². The quantitative estimate of drug-likeness (QED) is 0.401. The van der Waals surface area contributed by atoms with Gasteiger partial charge in [0.05, 0.1) is 19.9 Å². The van der Waals surface area contributed by atoms with Crippen molar-refractivity contribution in [2.75, 3.05) is 19.5 Å². The maximum absolute atomic E-state index is 12.8. The second kappa shape index (κ2) is 9.03. The first-order valence-electron chi connectivity index (χ1n) is 10.6. The number of anilines is 1. The van der Waals surface area contributed by atoms with E-state index in [0.29, 0.717) is 34.2 Å². The van der Waals surface area contributed by atoms with Crippen LogP contribution >= 0.6 is 0 Å². The van der Waals surface area contributed by atoms with Gasteiger partial charge in [0, 0.05) is 22.4 Å². The number of rotatable bonds is 6. The van der Waals surface area contributed by atoms with Crippen LogP contribution in [-0.4, -0.2) is 39.9 Å². The maximum Gasteiger partial charge on any atom is 0.255 e. The molecule has 0 saturated carbocycles. The highest BCUT2D eigenvalue weighted by atomic mass is 16.5. The molecule has 1 N–H and O–H groups in total. The fourth-order valence-corrected chi connectivity index (χ4v) is 3.65. The molecule has 0 atom stereocenters. The number of carbonyl (C=O) groups is 1. The molecule has 0 saturated heterocycles. The molecule has 8 heteroatoms. The van der Waals surface area contributed by atoms with Crippen LogP contribution in [0.1, 0.15) is 10.4 Å². The third-order valence-electron chi connectivity index (χ3n) is 5.36. The van der Waals surface area contributed by atoms with Crippen molar-refractivity contribution in [3.05, 3.63) is 90.5 Å². The molecule has 3 aromatic carbocycles. The zero-order valence-electron chi connectivity index (χ0n) is 18.6. The minimum absolute atomic E-state index is 0.258. The van der Waals surface area contributed by atoms with Crippen molar-refractivity contribution in [3.8, 4) is 34.1 Å². The van der Waals surface area contributed by atoms with Gasteiger partial charge in [-0.1, -0.05) is 42.5 Å². The monoisotopic (exact) mass is 451 g/mol. The Hall–Kier alpha value is -4.72. The smallest absolute Gasteiger partial charge is 0.255 e. The van der Waals surface area contributed by atoms with Crippen LogP contribution in [0.4, 0.5) is 5.69 Å². The average molecular weight is 451 g/mol. The highest BCUT2D eigenvalue weighted by molar-refractivity contribution is 6.05. The topological polar surface area (TPSA) is 90.6 Å². The Kier molecular flexibility index (Phi) is 5.61. The highest BCUT2D eigenvalue weighted by Gasteiger charge is 2.13. The van der Waals surface area contributed by atoms with Gasteiger partial charge in [0.25, 0.3) is 5.91 Å². The molecule has 0 radical (unpaired) electrons. The number of hydrogen-bond acceptors (Lipinski definition) is 6. The molecule has 0 aliphatic carbocycles. The summed E-state index contributed by atoms with van der Waals surface area (Å²) in [5.74, 6) is 1.46. The van der Waals surface area contributed by atoms with E-state index in [1.54, 1.807) is 29.8 Å². The van der Waals surface area contributed by atoms with Crippen molar-refractivity contribution in [2.45, 2.75) is 0 Å². The first kappa shape index (κ1) is 21.1. The van der Waals surface area contributed by atoms with Crippen molar-refractivity contribution >= 4 is 17.2 Å². The Morgan fingerprint density at radius 1 is 0.794 bits per heavy atom. The fraction of sp³-hybridized carbons (Fsp3) is 0.0769. The van der Waals surface area contributed by atoms with Crippen molar-refractivity contribution in [1.29, 1.82) is 0 Å². The number of carbonyl (C=O) groups excluding carboxylic acids is 1. The number of fused-ring (bicyclic) bond motifs is 1. The van der Waals surface area contributed by atoms with Gasteiger partial charge in [0.2, 0.25) is 0 Å². The largest absolute Gasteiger partial charge is 0.493 e. The van der Waals surface area contributed by atoms with Crippen molar-refractivity contribution in [1.82, 2.24) is 19.8 Å². The van der Waals surface area contributed by atoms with E-state index in [0.717, 1.165) is 16.8 Å². The Balaban J connectivity index is 1.44. The maximum atomic E-state index is 12.8. The third kappa shape index (κ3) is 4.04. The molecule has 5 aromatic rings. The number of ether oxygens (including phenoxy) is 2. The van der Waals surface area contributed by atoms with Gasteiger partial charge >= 0.3 is 0 Å². The summed E-state index contributed by atoms with van der Waals surface area (Å²) in [6, 6.07) is 26.1. The van der Waals surface area contributed by atoms with E-state index < -0.39 is 0 Å². The Labute approximate surface area is 195 Å². The third-order valence-corrected chi connectivity index (χ3v) is 5.36. The van der Waals surface area contributed by atoms with E-state index in [4.69, 9.17) is 14.6 Å². The molecule has 1 amide bonds. The zero-order valence-corrected chi connectivity index (χ0v) is 18.6. The average Bonchev–Trinajstić information content (AvgIpc) is 3.32. The van der Waals surface area contributed by atoms with E-state index in [2.05, 4.69) is 15.5 Å². The summed E-state index contributed by atoms with van der Waals surface area (Å²) >= 11 is 0. The lowest BCUT2D eigenvalue weighted by molar-refractivity contribution is 0.102. The van der Waals surface area contributed by atoms with Crippen LogP contribution in [0.25, 0.3) is 28.3 Å². The van der Waals surface area contributed by atoms with Crippen LogP contribution in [0, 0.1) is 0 Å². The van der Waals surface area contributed by atoms with E-state index in [1.807, 2.05) is 66.7 Å². The summed E-state index contributed by atoms with van der Waals surface area (Å²) in [6.07, 6.45) is 0. The first-order valence-corrected chi connectivity index (χ1v) is 10.6. The minimum atomic E-state index is -0.258. The molecule has 2 aromatic heterocycles. The molecule has 34 heavy (non-hydrogen) atoms. The summed E-state index contributed by atoms with van der Waals surface area (Å²) in [5.41, 5.74) is 4.26. The highest BCUT2D eigenvalue weighted by Crippen LogP contribution is 2.28. The molecule has 0 aliphatic heterocycles. The normalized spacial score (nSPS) is 10.8. The number of nitrogens with one attached hydrogen (secondary N) is 1. The van der Waals surface area contributed by atoms with Crippen LogP contribution in [0.3, 0.4) is 0 Å². The lowest BCUT2D eigenvalue weighted by Crippen LogP contribution is -2.12. The van der Waals surface area contributed by atoms with Gasteiger partial charge in [-0.2, -0.15) is 9.61 Å². The molecule has 0 spiro atoms. The van der Waals surface area contributed by atoms with Crippen LogP contribution in [0.15, 0.2) is 84.9 Å². The molecule has 0 aliphatic rings. The zero-order chi connectivity index (χ0) is 23.5. The number of hydrogen-bond donors (Lipinski definition) is 1. The molecule has 2 heterocycles. The van der Waals surface area contributed by atoms with Gasteiger partial charge in [0.15, 0.2) is 23.0 Å². The summed E-state index contributed by atoms with van der Waals surface area (Å²) in [5, 5.41) is 16.2. The van der Waals surface area contributed by atoms with Gasteiger partial charge in [-0.15, -0.1) is 10.2 Å². The van der Waals surface area contributed by atoms with Gasteiger partial charge in [0.1, 0.15) is 0 Å². The molecule has 8 nitrogen and oxygen atoms in total. The Morgan fingerprint density at radius 3 is 2.38 bits per heavy atom. The second-order valence-electron chi connectivity index (χ2n) is 7.48. The molecule has 0 fully saturated rings. The SMILES string of the molecule is COc1ccc(C(=O)Nc2cccc(-c3ccc4nnc(-c5ccccc5)n4n3)c2)cc1OC. The Morgan fingerprint density at radius 2 is 1.59 bits per heavy atom. The number of amides is 1. The standard InChI is InChI=1S/C26H21N5O3/c1-33-22-13-11-19(16-23(22)34-2)26(32)27-20-10-6-9-18(15-20)21-12-14-24-28-29-25(31(24)30-21)17-7-4-3-5-8-17/h3-16H,1-2H3,(H,27,32). The summed E-state index contributed by atoms with van der Waals surface area (Å²) in [7, 11) is 3.09. The van der Waals surface area contributed by atoms with Crippen LogP contribution < -0.4 is 14.8 Å². The second-order valence-corrected chi connectivity index (χ2v) is 7.48. The predicted molar refractivity (Wildman–Crippen MR) is 129 cm³/mol. The van der Waals surface area contributed by atoms with E-state index >= 15 is 0 Å². The van der Waals surface area contributed by atoms with Crippen LogP contribution in [0.2, 0.25) is 0 Å². The van der Waals surface area contributed by atoms with E-state index in [1.165, 1.54) is 7.11 Å². The van der Waals surface area contributed by atoms with Gasteiger partial charge in [-0.25, -0.2) is 0 Å². The number of nitrogens with zero attached hydrogens (tertiary/aromatic N) is 4. The minimum Gasteiger partial charge on any atom is -0.493 e. The first-order chi connectivity index (χ1) is 16.7. The summed E-state index contributed by atoms with van der Waals surface area (Å²) < 4.78 is 12.3. The van der Waals surface area contributed by atoms with Crippen molar-refractivity contribution < 1.29 is 14.3 Å². The summed E-state index contributed by atoms with van der Waals surface area (Å²) in [6.45, 7) is 0. The van der Waals surface area contributed by atoms with E-state index in [-0.39, 0.29) is 5.91 Å². The van der Waals surface area contributed by atoms with Gasteiger partial charge < -0.3 is 14.8 Å². The molecular weight excluding hydrogens is 430 g/mol. The number of benzene rings is 3. The van der Waals surface area contributed by atoms with Gasteiger partial charge in [-0.05, 0) is 42.5 Å². The molecule has 0 unspecified atom stereocenters. The molecule has 5 rings (SSSR count). The fourth-order valence-electron chi connectivity index (χ4n) is 3.65. The van der Waals surface area contributed by atoms with Crippen molar-refractivity contribution in [2.24, 2.45) is 0 Å². The van der Waals surface area contributed by atoms with Gasteiger partial charge in [-0.3, -0.25) is 4.79 Å². The summed E-state index contributed by atoms with van der Waals surface area (Å²) in [4.78, 5) is 12.8. The number of aromatic nitrogens is 4. The molecule has 0 bridgehead atoms. The Bertz CT molecular complexity index is 1480. The predicted octanol–water partition coefficient (Wildman–Crippen LogP) is 4.73. The molecular formula is C26H21N5O3. The lowest BCUT2D eigenvalue weighted by atomic mass is 10.1. The van der Waals surface area contributed by atoms with E-state index in [9.17, 15) is 4.79 Å². The molecule has 168 valence electrons. The lowest BCUT2D eigenvalue weighted by Gasteiger charge is -2.11. The van der Waals surface area contributed by atoms with Crippen LogP contribution in [-0.2, 0) is 0 Å².